The molecule has 0 aliphatic carbocycles. The summed E-state index contributed by atoms with van der Waals surface area (Å²) in [5.74, 6) is 0.996. The molecule has 9 heteroatoms. The average molecular weight is 567 g/mol. The number of halogens is 2. The highest BCUT2D eigenvalue weighted by atomic mass is 35.5. The third-order valence-corrected chi connectivity index (χ3v) is 7.90. The molecule has 4 aromatic rings. The Balaban J connectivity index is 1.16. The first-order chi connectivity index (χ1) is 18.4. The topological polar surface area (TPSA) is 65.8 Å². The van der Waals surface area contributed by atoms with Crippen molar-refractivity contribution in [1.82, 2.24) is 4.90 Å². The van der Waals surface area contributed by atoms with E-state index in [2.05, 4.69) is 10.2 Å². The number of amides is 2. The number of nitrogens with zero attached hydrogens (tertiary/aromatic N) is 2. The number of furan rings is 1. The van der Waals surface area contributed by atoms with Crippen LogP contribution in [0.3, 0.4) is 0 Å². The normalized spacial score (nSPS) is 13.8. The van der Waals surface area contributed by atoms with E-state index in [-0.39, 0.29) is 11.8 Å². The van der Waals surface area contributed by atoms with E-state index in [9.17, 15) is 9.59 Å². The van der Waals surface area contributed by atoms with Gasteiger partial charge in [0.25, 0.3) is 5.91 Å². The van der Waals surface area contributed by atoms with Gasteiger partial charge in [0.15, 0.2) is 0 Å². The standard InChI is InChI=1S/C29H25Cl2N3O3S/c1-19-4-5-20(17-23(19)30)26-10-7-22(37-26)8-11-28(35)32-21-6-9-25(24(31)18-21)33-12-14-34(15-13-33)29(36)27-3-2-16-38-27/h2-11,16-18H,12-15H2,1H3,(H,32,35)/b11-8+. The molecule has 1 fully saturated rings. The van der Waals surface area contributed by atoms with E-state index in [4.69, 9.17) is 27.6 Å². The van der Waals surface area contributed by atoms with Gasteiger partial charge in [0, 0.05) is 48.5 Å². The summed E-state index contributed by atoms with van der Waals surface area (Å²) in [6, 6.07) is 18.6. The molecule has 1 saturated heterocycles. The van der Waals surface area contributed by atoms with Crippen molar-refractivity contribution in [3.05, 3.63) is 98.4 Å². The van der Waals surface area contributed by atoms with Crippen molar-refractivity contribution in [3.63, 3.8) is 0 Å². The summed E-state index contributed by atoms with van der Waals surface area (Å²) in [6.07, 6.45) is 3.03. The number of nitrogens with one attached hydrogen (secondary N) is 1. The molecule has 0 bridgehead atoms. The lowest BCUT2D eigenvalue weighted by atomic mass is 10.1. The number of piperazine rings is 1. The summed E-state index contributed by atoms with van der Waals surface area (Å²) >= 11 is 14.2. The number of benzene rings is 2. The largest absolute Gasteiger partial charge is 0.457 e. The van der Waals surface area contributed by atoms with Gasteiger partial charge >= 0.3 is 0 Å². The molecule has 0 saturated carbocycles. The van der Waals surface area contributed by atoms with Gasteiger partial charge in [-0.1, -0.05) is 41.4 Å². The van der Waals surface area contributed by atoms with Gasteiger partial charge in [0.1, 0.15) is 11.5 Å². The second kappa shape index (κ2) is 11.5. The maximum absolute atomic E-state index is 12.6. The Bertz CT molecular complexity index is 1490. The molecule has 1 aliphatic heterocycles. The number of rotatable bonds is 6. The molecule has 2 amide bonds. The van der Waals surface area contributed by atoms with Crippen LogP contribution in [0.25, 0.3) is 17.4 Å². The van der Waals surface area contributed by atoms with Crippen LogP contribution >= 0.6 is 34.5 Å². The van der Waals surface area contributed by atoms with Gasteiger partial charge in [-0.2, -0.15) is 0 Å². The predicted octanol–water partition coefficient (Wildman–Crippen LogP) is 7.24. The van der Waals surface area contributed by atoms with Crippen molar-refractivity contribution in [2.24, 2.45) is 0 Å². The molecule has 5 rings (SSSR count). The maximum Gasteiger partial charge on any atom is 0.264 e. The van der Waals surface area contributed by atoms with E-state index in [0.717, 1.165) is 21.7 Å². The van der Waals surface area contributed by atoms with Crippen molar-refractivity contribution in [2.45, 2.75) is 6.92 Å². The van der Waals surface area contributed by atoms with Gasteiger partial charge in [-0.05, 0) is 66.4 Å². The zero-order valence-electron chi connectivity index (χ0n) is 20.6. The first kappa shape index (κ1) is 26.1. The second-order valence-corrected chi connectivity index (χ2v) is 10.7. The molecule has 0 spiro atoms. The van der Waals surface area contributed by atoms with E-state index in [0.29, 0.717) is 53.4 Å². The Morgan fingerprint density at radius 3 is 2.50 bits per heavy atom. The van der Waals surface area contributed by atoms with E-state index < -0.39 is 0 Å². The molecular formula is C29H25Cl2N3O3S. The first-order valence-electron chi connectivity index (χ1n) is 12.1. The van der Waals surface area contributed by atoms with Gasteiger partial charge < -0.3 is 19.5 Å². The Hall–Kier alpha value is -3.52. The number of aryl methyl sites for hydroxylation is 1. The van der Waals surface area contributed by atoms with E-state index in [1.807, 2.05) is 65.7 Å². The van der Waals surface area contributed by atoms with Crippen LogP contribution in [0.4, 0.5) is 11.4 Å². The van der Waals surface area contributed by atoms with E-state index >= 15 is 0 Å². The molecule has 6 nitrogen and oxygen atoms in total. The van der Waals surface area contributed by atoms with Gasteiger partial charge in [-0.25, -0.2) is 0 Å². The fourth-order valence-electron chi connectivity index (χ4n) is 4.23. The molecule has 0 atom stereocenters. The minimum Gasteiger partial charge on any atom is -0.457 e. The molecule has 2 aromatic carbocycles. The summed E-state index contributed by atoms with van der Waals surface area (Å²) < 4.78 is 5.83. The molecule has 3 heterocycles. The SMILES string of the molecule is Cc1ccc(-c2ccc(/C=C/C(=O)Nc3ccc(N4CCN(C(=O)c5cccs5)CC4)c(Cl)c3)o2)cc1Cl. The van der Waals surface area contributed by atoms with Crippen molar-refractivity contribution >= 4 is 63.8 Å². The predicted molar refractivity (Wildman–Crippen MR) is 155 cm³/mol. The molecule has 0 unspecified atom stereocenters. The van der Waals surface area contributed by atoms with Crippen LogP contribution in [0.15, 0.2) is 76.5 Å². The van der Waals surface area contributed by atoms with Crippen LogP contribution in [0, 0.1) is 6.92 Å². The van der Waals surface area contributed by atoms with E-state index in [1.54, 1.807) is 18.2 Å². The van der Waals surface area contributed by atoms with Crippen LogP contribution in [0.2, 0.25) is 10.0 Å². The van der Waals surface area contributed by atoms with Crippen LogP contribution in [0.1, 0.15) is 21.0 Å². The monoisotopic (exact) mass is 565 g/mol. The maximum atomic E-state index is 12.6. The van der Waals surface area contributed by atoms with Crippen LogP contribution in [-0.4, -0.2) is 42.9 Å². The van der Waals surface area contributed by atoms with E-state index in [1.165, 1.54) is 17.4 Å². The number of carbonyl (C=O) groups excluding carboxylic acids is 2. The Kier molecular flexibility index (Phi) is 7.88. The highest BCUT2D eigenvalue weighted by Crippen LogP contribution is 2.30. The first-order valence-corrected chi connectivity index (χ1v) is 13.7. The zero-order chi connectivity index (χ0) is 26.6. The lowest BCUT2D eigenvalue weighted by molar-refractivity contribution is -0.111. The smallest absolute Gasteiger partial charge is 0.264 e. The fraction of sp³-hybridized carbons (Fsp3) is 0.172. The molecular weight excluding hydrogens is 541 g/mol. The zero-order valence-corrected chi connectivity index (χ0v) is 22.9. The number of hydrogen-bond acceptors (Lipinski definition) is 5. The van der Waals surface area contributed by atoms with Crippen molar-refractivity contribution in [1.29, 1.82) is 0 Å². The Morgan fingerprint density at radius 2 is 1.79 bits per heavy atom. The second-order valence-electron chi connectivity index (χ2n) is 8.91. The summed E-state index contributed by atoms with van der Waals surface area (Å²) in [5, 5.41) is 5.96. The highest BCUT2D eigenvalue weighted by Gasteiger charge is 2.24. The molecule has 2 aromatic heterocycles. The Labute approximate surface area is 235 Å². The van der Waals surface area contributed by atoms with Crippen LogP contribution in [0.5, 0.6) is 0 Å². The fourth-order valence-corrected chi connectivity index (χ4v) is 5.40. The number of anilines is 2. The molecule has 0 radical (unpaired) electrons. The molecule has 194 valence electrons. The van der Waals surface area contributed by atoms with Crippen LogP contribution < -0.4 is 10.2 Å². The average Bonchev–Trinajstić information content (AvgIpc) is 3.62. The van der Waals surface area contributed by atoms with Crippen molar-refractivity contribution < 1.29 is 14.0 Å². The number of thiophene rings is 1. The van der Waals surface area contributed by atoms with Gasteiger partial charge in [0.05, 0.1) is 15.6 Å². The minimum absolute atomic E-state index is 0.0715. The summed E-state index contributed by atoms with van der Waals surface area (Å²) in [6.45, 7) is 4.57. The lowest BCUT2D eigenvalue weighted by Gasteiger charge is -2.36. The molecule has 38 heavy (non-hydrogen) atoms. The third kappa shape index (κ3) is 5.96. The highest BCUT2D eigenvalue weighted by molar-refractivity contribution is 7.12. The van der Waals surface area contributed by atoms with Crippen LogP contribution in [-0.2, 0) is 4.79 Å². The molecule has 1 aliphatic rings. The minimum atomic E-state index is -0.300. The van der Waals surface area contributed by atoms with Crippen molar-refractivity contribution in [2.75, 3.05) is 36.4 Å². The lowest BCUT2D eigenvalue weighted by Crippen LogP contribution is -2.48. The number of hydrogen-bond donors (Lipinski definition) is 1. The van der Waals surface area contributed by atoms with Gasteiger partial charge in [0.2, 0.25) is 5.91 Å². The quantitative estimate of drug-likeness (QED) is 0.250. The van der Waals surface area contributed by atoms with Crippen molar-refractivity contribution in [3.8, 4) is 11.3 Å². The summed E-state index contributed by atoms with van der Waals surface area (Å²) in [4.78, 5) is 29.9. The molecule has 1 N–H and O–H groups in total. The summed E-state index contributed by atoms with van der Waals surface area (Å²) in [7, 11) is 0. The Morgan fingerprint density at radius 1 is 0.974 bits per heavy atom. The van der Waals surface area contributed by atoms with Gasteiger partial charge in [-0.3, -0.25) is 9.59 Å². The number of carbonyl (C=O) groups is 2. The van der Waals surface area contributed by atoms with Gasteiger partial charge in [-0.15, -0.1) is 11.3 Å². The summed E-state index contributed by atoms with van der Waals surface area (Å²) in [5.41, 5.74) is 3.34. The third-order valence-electron chi connectivity index (χ3n) is 6.34.